The number of aromatic nitrogens is 2. The van der Waals surface area contributed by atoms with Crippen molar-refractivity contribution in [2.45, 2.75) is 24.7 Å². The molecule has 2 nitrogen and oxygen atoms in total. The van der Waals surface area contributed by atoms with Crippen LogP contribution in [0, 0.1) is 0 Å². The number of rotatable bonds is 5. The third kappa shape index (κ3) is 3.50. The van der Waals surface area contributed by atoms with E-state index in [4.69, 9.17) is 0 Å². The summed E-state index contributed by atoms with van der Waals surface area (Å²) in [7, 11) is 0. The Labute approximate surface area is 137 Å². The minimum atomic E-state index is 0.993. The SMILES string of the molecule is CCCCSc1ccc2nc(-c3ccc(Br)cc3)cn2c1. The highest BCUT2D eigenvalue weighted by molar-refractivity contribution is 9.10. The number of nitrogens with zero attached hydrogens (tertiary/aromatic N) is 2. The molecule has 0 saturated carbocycles. The fourth-order valence-corrected chi connectivity index (χ4v) is 3.44. The van der Waals surface area contributed by atoms with Crippen LogP contribution >= 0.6 is 27.7 Å². The first kappa shape index (κ1) is 14.7. The Morgan fingerprint density at radius 2 is 1.90 bits per heavy atom. The molecular formula is C17H17BrN2S. The predicted octanol–water partition coefficient (Wildman–Crippen LogP) is 5.66. The lowest BCUT2D eigenvalue weighted by atomic mass is 10.2. The van der Waals surface area contributed by atoms with E-state index in [1.807, 2.05) is 23.9 Å². The predicted molar refractivity (Wildman–Crippen MR) is 94.0 cm³/mol. The van der Waals surface area contributed by atoms with Gasteiger partial charge in [0.05, 0.1) is 5.69 Å². The van der Waals surface area contributed by atoms with E-state index >= 15 is 0 Å². The van der Waals surface area contributed by atoms with Crippen molar-refractivity contribution in [3.63, 3.8) is 0 Å². The van der Waals surface area contributed by atoms with Crippen LogP contribution in [0.1, 0.15) is 19.8 Å². The van der Waals surface area contributed by atoms with Gasteiger partial charge >= 0.3 is 0 Å². The van der Waals surface area contributed by atoms with E-state index in [0.29, 0.717) is 0 Å². The monoisotopic (exact) mass is 360 g/mol. The summed E-state index contributed by atoms with van der Waals surface area (Å²) >= 11 is 5.38. The van der Waals surface area contributed by atoms with Crippen LogP contribution in [0.25, 0.3) is 16.9 Å². The van der Waals surface area contributed by atoms with E-state index in [0.717, 1.165) is 21.4 Å². The first-order chi connectivity index (χ1) is 10.3. The first-order valence-corrected chi connectivity index (χ1v) is 8.91. The number of fused-ring (bicyclic) bond motifs is 1. The smallest absolute Gasteiger partial charge is 0.137 e. The van der Waals surface area contributed by atoms with Crippen LogP contribution in [0.5, 0.6) is 0 Å². The van der Waals surface area contributed by atoms with Gasteiger partial charge < -0.3 is 4.40 Å². The van der Waals surface area contributed by atoms with Crippen molar-refractivity contribution >= 4 is 33.3 Å². The molecule has 3 rings (SSSR count). The molecule has 0 N–H and O–H groups in total. The second kappa shape index (κ2) is 6.67. The molecule has 0 bridgehead atoms. The maximum atomic E-state index is 4.69. The minimum absolute atomic E-state index is 0.993. The van der Waals surface area contributed by atoms with Gasteiger partial charge in [0, 0.05) is 27.3 Å². The summed E-state index contributed by atoms with van der Waals surface area (Å²) in [6.45, 7) is 2.23. The highest BCUT2D eigenvalue weighted by Crippen LogP contribution is 2.24. The molecule has 0 amide bonds. The second-order valence-corrected chi connectivity index (χ2v) is 7.05. The van der Waals surface area contributed by atoms with Crippen LogP contribution in [-0.4, -0.2) is 15.1 Å². The third-order valence-corrected chi connectivity index (χ3v) is 4.93. The molecule has 4 heteroatoms. The summed E-state index contributed by atoms with van der Waals surface area (Å²) < 4.78 is 3.20. The summed E-state index contributed by atoms with van der Waals surface area (Å²) in [5.41, 5.74) is 3.15. The average Bonchev–Trinajstić information content (AvgIpc) is 2.91. The Hall–Kier alpha value is -1.26. The van der Waals surface area contributed by atoms with E-state index < -0.39 is 0 Å². The fourth-order valence-electron chi connectivity index (χ4n) is 2.15. The molecular weight excluding hydrogens is 344 g/mol. The topological polar surface area (TPSA) is 17.3 Å². The van der Waals surface area contributed by atoms with E-state index in [1.54, 1.807) is 0 Å². The lowest BCUT2D eigenvalue weighted by Gasteiger charge is -2.01. The molecule has 2 aromatic heterocycles. The zero-order valence-corrected chi connectivity index (χ0v) is 14.3. The summed E-state index contributed by atoms with van der Waals surface area (Å²) in [6.07, 6.45) is 6.78. The van der Waals surface area contributed by atoms with Gasteiger partial charge in [-0.2, -0.15) is 0 Å². The van der Waals surface area contributed by atoms with E-state index in [2.05, 4.69) is 68.9 Å². The quantitative estimate of drug-likeness (QED) is 0.431. The van der Waals surface area contributed by atoms with Crippen molar-refractivity contribution in [2.75, 3.05) is 5.75 Å². The summed E-state index contributed by atoms with van der Waals surface area (Å²) in [5, 5.41) is 0. The highest BCUT2D eigenvalue weighted by atomic mass is 79.9. The molecule has 0 fully saturated rings. The van der Waals surface area contributed by atoms with Gasteiger partial charge in [-0.3, -0.25) is 0 Å². The van der Waals surface area contributed by atoms with Crippen molar-refractivity contribution in [1.29, 1.82) is 0 Å². The van der Waals surface area contributed by atoms with Gasteiger partial charge in [0.1, 0.15) is 5.65 Å². The average molecular weight is 361 g/mol. The number of unbranched alkanes of at least 4 members (excludes halogenated alkanes) is 1. The lowest BCUT2D eigenvalue weighted by Crippen LogP contribution is -1.84. The van der Waals surface area contributed by atoms with Crippen molar-refractivity contribution in [3.8, 4) is 11.3 Å². The Morgan fingerprint density at radius 3 is 2.67 bits per heavy atom. The molecule has 0 saturated heterocycles. The summed E-state index contributed by atoms with van der Waals surface area (Å²) in [4.78, 5) is 5.99. The Kier molecular flexibility index (Phi) is 4.66. The van der Waals surface area contributed by atoms with E-state index in [1.165, 1.54) is 23.5 Å². The van der Waals surface area contributed by atoms with Gasteiger partial charge in [-0.05, 0) is 36.4 Å². The molecule has 1 aromatic carbocycles. The maximum absolute atomic E-state index is 4.69. The number of imidazole rings is 1. The number of benzene rings is 1. The molecule has 0 aliphatic heterocycles. The summed E-state index contributed by atoms with van der Waals surface area (Å²) in [6, 6.07) is 12.5. The Bertz CT molecular complexity index is 734. The van der Waals surface area contributed by atoms with Crippen LogP contribution in [0.15, 0.2) is 58.2 Å². The molecule has 0 spiro atoms. The van der Waals surface area contributed by atoms with Gasteiger partial charge in [0.15, 0.2) is 0 Å². The van der Waals surface area contributed by atoms with Crippen molar-refractivity contribution in [3.05, 3.63) is 53.3 Å². The maximum Gasteiger partial charge on any atom is 0.137 e. The van der Waals surface area contributed by atoms with Gasteiger partial charge in [0.25, 0.3) is 0 Å². The number of hydrogen-bond donors (Lipinski definition) is 0. The van der Waals surface area contributed by atoms with Crippen LogP contribution in [0.4, 0.5) is 0 Å². The second-order valence-electron chi connectivity index (χ2n) is 4.97. The Balaban J connectivity index is 1.87. The van der Waals surface area contributed by atoms with Crippen molar-refractivity contribution in [1.82, 2.24) is 9.38 Å². The molecule has 0 atom stereocenters. The molecule has 0 aliphatic carbocycles. The molecule has 108 valence electrons. The van der Waals surface area contributed by atoms with Crippen LogP contribution in [-0.2, 0) is 0 Å². The number of thioether (sulfide) groups is 1. The van der Waals surface area contributed by atoms with Crippen molar-refractivity contribution in [2.24, 2.45) is 0 Å². The lowest BCUT2D eigenvalue weighted by molar-refractivity contribution is 0.896. The standard InChI is InChI=1S/C17H17BrN2S/c1-2-3-10-21-15-8-9-17-19-16(12-20(17)11-15)13-4-6-14(18)7-5-13/h4-9,11-12H,2-3,10H2,1H3. The largest absolute Gasteiger partial charge is 0.305 e. The van der Waals surface area contributed by atoms with Crippen molar-refractivity contribution < 1.29 is 0 Å². The van der Waals surface area contributed by atoms with Crippen LogP contribution in [0.3, 0.4) is 0 Å². The van der Waals surface area contributed by atoms with Gasteiger partial charge in [-0.15, -0.1) is 11.8 Å². The van der Waals surface area contributed by atoms with Gasteiger partial charge in [-0.25, -0.2) is 4.98 Å². The first-order valence-electron chi connectivity index (χ1n) is 7.14. The summed E-state index contributed by atoms with van der Waals surface area (Å²) in [5.74, 6) is 1.18. The molecule has 0 aliphatic rings. The molecule has 3 aromatic rings. The number of halogens is 1. The zero-order valence-electron chi connectivity index (χ0n) is 11.9. The fraction of sp³-hybridized carbons (Fsp3) is 0.235. The minimum Gasteiger partial charge on any atom is -0.305 e. The highest BCUT2D eigenvalue weighted by Gasteiger charge is 2.05. The van der Waals surface area contributed by atoms with E-state index in [9.17, 15) is 0 Å². The Morgan fingerprint density at radius 1 is 1.10 bits per heavy atom. The molecule has 0 unspecified atom stereocenters. The number of hydrogen-bond acceptors (Lipinski definition) is 2. The number of pyridine rings is 1. The van der Waals surface area contributed by atoms with E-state index in [-0.39, 0.29) is 0 Å². The van der Waals surface area contributed by atoms with Gasteiger partial charge in [0.2, 0.25) is 0 Å². The molecule has 0 radical (unpaired) electrons. The van der Waals surface area contributed by atoms with Gasteiger partial charge in [-0.1, -0.05) is 41.4 Å². The third-order valence-electron chi connectivity index (χ3n) is 3.33. The normalized spacial score (nSPS) is 11.1. The molecule has 2 heterocycles. The van der Waals surface area contributed by atoms with Crippen LogP contribution < -0.4 is 0 Å². The molecule has 21 heavy (non-hydrogen) atoms. The zero-order chi connectivity index (χ0) is 14.7. The van der Waals surface area contributed by atoms with Crippen LogP contribution in [0.2, 0.25) is 0 Å².